The van der Waals surface area contributed by atoms with Crippen LogP contribution in [0.15, 0.2) is 0 Å². The Morgan fingerprint density at radius 1 is 1.00 bits per heavy atom. The van der Waals surface area contributed by atoms with Gasteiger partial charge >= 0.3 is 5.97 Å². The zero-order chi connectivity index (χ0) is 12.2. The van der Waals surface area contributed by atoms with Crippen molar-refractivity contribution in [2.75, 3.05) is 6.61 Å². The Kier molecular flexibility index (Phi) is 12.2. The fourth-order valence-electron chi connectivity index (χ4n) is 1.47. The third-order valence-corrected chi connectivity index (χ3v) is 3.17. The number of carbonyl (C=O) groups excluding carboxylic acids is 1. The van der Waals surface area contributed by atoms with Crippen LogP contribution in [-0.4, -0.2) is 16.3 Å². The molecule has 4 heteroatoms. The zero-order valence-corrected chi connectivity index (χ0v) is 13.2. The lowest BCUT2D eigenvalue weighted by atomic mass is 10.1. The average molecular weight is 358 g/mol. The first-order valence-corrected chi connectivity index (χ1v) is 7.96. The highest BCUT2D eigenvalue weighted by Crippen LogP contribution is 2.11. The summed E-state index contributed by atoms with van der Waals surface area (Å²) in [5, 5.41) is 0. The molecule has 2 nitrogen and oxygen atoms in total. The lowest BCUT2D eigenvalue weighted by molar-refractivity contribution is -0.141. The lowest BCUT2D eigenvalue weighted by Crippen LogP contribution is -2.12. The number of hydrogen-bond acceptors (Lipinski definition) is 2. The van der Waals surface area contributed by atoms with Gasteiger partial charge in [0.05, 0.1) is 6.61 Å². The summed E-state index contributed by atoms with van der Waals surface area (Å²) in [6.07, 6.45) is 10.1. The van der Waals surface area contributed by atoms with Crippen molar-refractivity contribution in [3.05, 3.63) is 0 Å². The Balaban J connectivity index is 3.07. The van der Waals surface area contributed by atoms with E-state index >= 15 is 0 Å². The van der Waals surface area contributed by atoms with Crippen LogP contribution < -0.4 is 0 Å². The minimum Gasteiger partial charge on any atom is -0.464 e. The molecule has 0 N–H and O–H groups in total. The molecule has 0 heterocycles. The number of hydrogen-bond donors (Lipinski definition) is 0. The van der Waals surface area contributed by atoms with Gasteiger partial charge in [0.25, 0.3) is 0 Å². The van der Waals surface area contributed by atoms with Gasteiger partial charge in [0, 0.05) is 0 Å². The topological polar surface area (TPSA) is 26.3 Å². The van der Waals surface area contributed by atoms with Gasteiger partial charge in [-0.25, -0.2) is 4.79 Å². The third-order valence-electron chi connectivity index (χ3n) is 2.42. The molecule has 96 valence electrons. The SMILES string of the molecule is CCCCCCCCCCOC(=O)C(Br)Br. The number of unbranched alkanes of at least 4 members (excludes halogenated alkanes) is 7. The fraction of sp³-hybridized carbons (Fsp3) is 0.917. The van der Waals surface area contributed by atoms with E-state index in [1.807, 2.05) is 0 Å². The van der Waals surface area contributed by atoms with Crippen LogP contribution in [0.1, 0.15) is 58.3 Å². The van der Waals surface area contributed by atoms with E-state index in [0.717, 1.165) is 12.8 Å². The molecule has 0 saturated carbocycles. The zero-order valence-electron chi connectivity index (χ0n) is 10.0. The first-order chi connectivity index (χ1) is 7.68. The average Bonchev–Trinajstić information content (AvgIpc) is 2.26. The second-order valence-electron chi connectivity index (χ2n) is 3.94. The molecular formula is C12H22Br2O2. The molecule has 0 radical (unpaired) electrons. The van der Waals surface area contributed by atoms with Crippen LogP contribution in [0.4, 0.5) is 0 Å². The van der Waals surface area contributed by atoms with Gasteiger partial charge in [0.15, 0.2) is 3.74 Å². The summed E-state index contributed by atoms with van der Waals surface area (Å²) >= 11 is 6.20. The Morgan fingerprint density at radius 3 is 2.00 bits per heavy atom. The highest BCUT2D eigenvalue weighted by atomic mass is 79.9. The maximum atomic E-state index is 11.0. The van der Waals surface area contributed by atoms with Crippen LogP contribution in [0, 0.1) is 0 Å². The maximum absolute atomic E-state index is 11.0. The smallest absolute Gasteiger partial charge is 0.330 e. The van der Waals surface area contributed by atoms with Crippen molar-refractivity contribution in [3.63, 3.8) is 0 Å². The molecule has 0 amide bonds. The molecule has 0 aliphatic rings. The van der Waals surface area contributed by atoms with E-state index in [-0.39, 0.29) is 9.71 Å². The maximum Gasteiger partial charge on any atom is 0.330 e. The van der Waals surface area contributed by atoms with E-state index in [0.29, 0.717) is 6.61 Å². The quantitative estimate of drug-likeness (QED) is 0.319. The number of ether oxygens (including phenoxy) is 1. The van der Waals surface area contributed by atoms with E-state index in [1.165, 1.54) is 38.5 Å². The van der Waals surface area contributed by atoms with Gasteiger partial charge < -0.3 is 4.74 Å². The second kappa shape index (κ2) is 11.9. The van der Waals surface area contributed by atoms with Gasteiger partial charge in [-0.2, -0.15) is 0 Å². The Morgan fingerprint density at radius 2 is 1.50 bits per heavy atom. The van der Waals surface area contributed by atoms with Crippen LogP contribution in [-0.2, 0) is 9.53 Å². The lowest BCUT2D eigenvalue weighted by Gasteiger charge is -2.05. The second-order valence-corrected chi connectivity index (χ2v) is 7.00. The highest BCUT2D eigenvalue weighted by molar-refractivity contribution is 9.25. The summed E-state index contributed by atoms with van der Waals surface area (Å²) in [5.41, 5.74) is 0. The van der Waals surface area contributed by atoms with Gasteiger partial charge in [-0.3, -0.25) is 0 Å². The van der Waals surface area contributed by atoms with Crippen molar-refractivity contribution in [1.82, 2.24) is 0 Å². The van der Waals surface area contributed by atoms with Gasteiger partial charge in [-0.1, -0.05) is 83.7 Å². The fourth-order valence-corrected chi connectivity index (χ4v) is 1.74. The van der Waals surface area contributed by atoms with Crippen LogP contribution in [0.3, 0.4) is 0 Å². The molecule has 0 aliphatic heterocycles. The highest BCUT2D eigenvalue weighted by Gasteiger charge is 2.10. The predicted molar refractivity (Wildman–Crippen MR) is 75.2 cm³/mol. The van der Waals surface area contributed by atoms with Crippen molar-refractivity contribution in [1.29, 1.82) is 0 Å². The predicted octanol–water partition coefficient (Wildman–Crippen LogP) is 4.79. The molecule has 16 heavy (non-hydrogen) atoms. The van der Waals surface area contributed by atoms with Crippen LogP contribution in [0.2, 0.25) is 0 Å². The van der Waals surface area contributed by atoms with E-state index in [2.05, 4.69) is 38.8 Å². The molecule has 0 aromatic heterocycles. The molecule has 0 aromatic carbocycles. The van der Waals surface area contributed by atoms with Crippen LogP contribution in [0.25, 0.3) is 0 Å². The molecule has 0 bridgehead atoms. The van der Waals surface area contributed by atoms with E-state index in [4.69, 9.17) is 4.74 Å². The monoisotopic (exact) mass is 356 g/mol. The molecule has 0 atom stereocenters. The number of alkyl halides is 2. The van der Waals surface area contributed by atoms with Crippen LogP contribution in [0.5, 0.6) is 0 Å². The summed E-state index contributed by atoms with van der Waals surface area (Å²) in [7, 11) is 0. The van der Waals surface area contributed by atoms with Gasteiger partial charge in [-0.05, 0) is 6.42 Å². The molecule has 0 unspecified atom stereocenters. The molecule has 0 rings (SSSR count). The van der Waals surface area contributed by atoms with Gasteiger partial charge in [0.1, 0.15) is 0 Å². The van der Waals surface area contributed by atoms with Crippen molar-refractivity contribution >= 4 is 37.8 Å². The van der Waals surface area contributed by atoms with Gasteiger partial charge in [-0.15, -0.1) is 0 Å². The van der Waals surface area contributed by atoms with E-state index in [9.17, 15) is 4.79 Å². The van der Waals surface area contributed by atoms with E-state index < -0.39 is 0 Å². The molecule has 0 saturated heterocycles. The van der Waals surface area contributed by atoms with Crippen molar-refractivity contribution < 1.29 is 9.53 Å². The molecular weight excluding hydrogens is 336 g/mol. The molecule has 0 aliphatic carbocycles. The minimum absolute atomic E-state index is 0.233. The first kappa shape index (κ1) is 16.4. The summed E-state index contributed by atoms with van der Waals surface area (Å²) < 4.78 is 4.65. The summed E-state index contributed by atoms with van der Waals surface area (Å²) in [6, 6.07) is 0. The van der Waals surface area contributed by atoms with Crippen molar-refractivity contribution in [2.45, 2.75) is 62.0 Å². The number of halogens is 2. The van der Waals surface area contributed by atoms with Crippen molar-refractivity contribution in [3.8, 4) is 0 Å². The number of carbonyl (C=O) groups is 1. The molecule has 0 spiro atoms. The number of esters is 1. The normalized spacial score (nSPS) is 10.8. The summed E-state index contributed by atoms with van der Waals surface area (Å²) in [4.78, 5) is 11.0. The van der Waals surface area contributed by atoms with E-state index in [1.54, 1.807) is 0 Å². The Hall–Kier alpha value is 0.430. The summed E-state index contributed by atoms with van der Waals surface area (Å²) in [6.45, 7) is 2.77. The largest absolute Gasteiger partial charge is 0.464 e. The first-order valence-electron chi connectivity index (χ1n) is 6.13. The standard InChI is InChI=1S/C12H22Br2O2/c1-2-3-4-5-6-7-8-9-10-16-12(15)11(13)14/h11H,2-10H2,1H3. The third kappa shape index (κ3) is 10.9. The molecule has 0 aromatic rings. The Bertz CT molecular complexity index is 172. The van der Waals surface area contributed by atoms with Crippen molar-refractivity contribution in [2.24, 2.45) is 0 Å². The van der Waals surface area contributed by atoms with Crippen LogP contribution >= 0.6 is 31.9 Å². The Labute approximate surface area is 116 Å². The number of rotatable bonds is 10. The van der Waals surface area contributed by atoms with Gasteiger partial charge in [0.2, 0.25) is 0 Å². The molecule has 0 fully saturated rings. The summed E-state index contributed by atoms with van der Waals surface area (Å²) in [5.74, 6) is -0.233. The minimum atomic E-state index is -0.367.